The molecule has 0 aliphatic heterocycles. The van der Waals surface area contributed by atoms with E-state index < -0.39 is 0 Å². The van der Waals surface area contributed by atoms with E-state index in [1.807, 2.05) is 42.6 Å². The van der Waals surface area contributed by atoms with Gasteiger partial charge >= 0.3 is 0 Å². The monoisotopic (exact) mass is 271 g/mol. The van der Waals surface area contributed by atoms with Gasteiger partial charge < -0.3 is 0 Å². The molecule has 0 N–H and O–H groups in total. The van der Waals surface area contributed by atoms with Crippen molar-refractivity contribution in [2.24, 2.45) is 0 Å². The molecule has 18 heavy (non-hydrogen) atoms. The number of benzene rings is 1. The molecule has 0 amide bonds. The van der Waals surface area contributed by atoms with Crippen LogP contribution in [0, 0.1) is 0 Å². The Labute approximate surface area is 115 Å². The fraction of sp³-hybridized carbons (Fsp3) is 0. The maximum absolute atomic E-state index is 6.05. The first-order chi connectivity index (χ1) is 8.84. The van der Waals surface area contributed by atoms with Crippen molar-refractivity contribution in [2.75, 3.05) is 0 Å². The van der Waals surface area contributed by atoms with Crippen molar-refractivity contribution in [3.63, 3.8) is 0 Å². The highest BCUT2D eigenvalue weighted by Gasteiger charge is 2.09. The Hall–Kier alpha value is -1.64. The second kappa shape index (κ2) is 4.92. The highest BCUT2D eigenvalue weighted by Crippen LogP contribution is 2.36. The van der Waals surface area contributed by atoms with Crippen LogP contribution in [0.15, 0.2) is 60.1 Å². The second-order valence-electron chi connectivity index (χ2n) is 3.89. The summed E-state index contributed by atoms with van der Waals surface area (Å²) >= 11 is 7.75. The van der Waals surface area contributed by atoms with Crippen LogP contribution >= 0.6 is 22.9 Å². The van der Waals surface area contributed by atoms with Crippen LogP contribution in [0.25, 0.3) is 21.7 Å². The fourth-order valence-electron chi connectivity index (χ4n) is 1.89. The normalized spacial score (nSPS) is 10.5. The zero-order chi connectivity index (χ0) is 12.4. The van der Waals surface area contributed by atoms with Crippen molar-refractivity contribution in [2.45, 2.75) is 0 Å². The van der Waals surface area contributed by atoms with Gasteiger partial charge in [-0.05, 0) is 41.3 Å². The van der Waals surface area contributed by atoms with Crippen LogP contribution < -0.4 is 0 Å². The molecule has 0 radical (unpaired) electrons. The number of hydrogen-bond donors (Lipinski definition) is 0. The van der Waals surface area contributed by atoms with Gasteiger partial charge in [-0.2, -0.15) is 0 Å². The molecule has 2 heterocycles. The predicted octanol–water partition coefficient (Wildman–Crippen LogP) is 5.13. The lowest BCUT2D eigenvalue weighted by molar-refractivity contribution is 1.34. The molecule has 0 aliphatic carbocycles. The van der Waals surface area contributed by atoms with Crippen molar-refractivity contribution in [1.29, 1.82) is 0 Å². The lowest BCUT2D eigenvalue weighted by atomic mass is 10.1. The molecule has 88 valence electrons. The number of halogens is 1. The summed E-state index contributed by atoms with van der Waals surface area (Å²) in [4.78, 5) is 5.59. The van der Waals surface area contributed by atoms with Gasteiger partial charge in [0.25, 0.3) is 0 Å². The summed E-state index contributed by atoms with van der Waals surface area (Å²) < 4.78 is 0. The minimum Gasteiger partial charge on any atom is -0.255 e. The van der Waals surface area contributed by atoms with Crippen LogP contribution in [-0.4, -0.2) is 4.98 Å². The van der Waals surface area contributed by atoms with Gasteiger partial charge in [0.15, 0.2) is 0 Å². The van der Waals surface area contributed by atoms with E-state index >= 15 is 0 Å². The molecule has 2 aromatic heterocycles. The van der Waals surface area contributed by atoms with E-state index in [0.29, 0.717) is 0 Å². The first-order valence-corrected chi connectivity index (χ1v) is 6.85. The first kappa shape index (κ1) is 11.5. The fourth-order valence-corrected chi connectivity index (χ4v) is 2.97. The van der Waals surface area contributed by atoms with Crippen LogP contribution in [0.1, 0.15) is 0 Å². The van der Waals surface area contributed by atoms with Gasteiger partial charge in [0.1, 0.15) is 0 Å². The summed E-state index contributed by atoms with van der Waals surface area (Å²) in [5, 5.41) is 2.84. The third-order valence-electron chi connectivity index (χ3n) is 2.70. The summed E-state index contributed by atoms with van der Waals surface area (Å²) in [7, 11) is 0. The van der Waals surface area contributed by atoms with Crippen molar-refractivity contribution in [3.8, 4) is 21.7 Å². The average molecular weight is 272 g/mol. The van der Waals surface area contributed by atoms with Crippen molar-refractivity contribution < 1.29 is 0 Å². The topological polar surface area (TPSA) is 12.9 Å². The molecule has 3 rings (SSSR count). The molecule has 0 saturated heterocycles. The lowest BCUT2D eigenvalue weighted by Gasteiger charge is -2.04. The van der Waals surface area contributed by atoms with Gasteiger partial charge in [-0.15, -0.1) is 11.3 Å². The average Bonchev–Trinajstić information content (AvgIpc) is 2.89. The highest BCUT2D eigenvalue weighted by atomic mass is 35.5. The third kappa shape index (κ3) is 2.17. The molecule has 3 heteroatoms. The maximum atomic E-state index is 6.05. The van der Waals surface area contributed by atoms with Crippen LogP contribution in [0.5, 0.6) is 0 Å². The largest absolute Gasteiger partial charge is 0.255 e. The van der Waals surface area contributed by atoms with E-state index in [-0.39, 0.29) is 0 Å². The van der Waals surface area contributed by atoms with Crippen LogP contribution in [0.2, 0.25) is 5.02 Å². The minimum atomic E-state index is 0.755. The number of thiophene rings is 1. The SMILES string of the molecule is Clc1cccc(-c2ccsc2-c2ccccn2)c1. The van der Waals surface area contributed by atoms with Gasteiger partial charge in [0.05, 0.1) is 10.6 Å². The Morgan fingerprint density at radius 1 is 1.00 bits per heavy atom. The van der Waals surface area contributed by atoms with Crippen molar-refractivity contribution in [1.82, 2.24) is 4.98 Å². The molecular weight excluding hydrogens is 262 g/mol. The summed E-state index contributed by atoms with van der Waals surface area (Å²) in [5.41, 5.74) is 3.31. The molecule has 0 saturated carbocycles. The summed E-state index contributed by atoms with van der Waals surface area (Å²) in [6.07, 6.45) is 1.82. The van der Waals surface area contributed by atoms with E-state index in [2.05, 4.69) is 22.5 Å². The van der Waals surface area contributed by atoms with E-state index in [9.17, 15) is 0 Å². The Morgan fingerprint density at radius 2 is 1.94 bits per heavy atom. The first-order valence-electron chi connectivity index (χ1n) is 5.59. The van der Waals surface area contributed by atoms with Crippen molar-refractivity contribution >= 4 is 22.9 Å². The van der Waals surface area contributed by atoms with Crippen LogP contribution in [-0.2, 0) is 0 Å². The lowest BCUT2D eigenvalue weighted by Crippen LogP contribution is -1.82. The molecule has 0 spiro atoms. The van der Waals surface area contributed by atoms with Gasteiger partial charge in [0, 0.05) is 16.8 Å². The molecule has 0 atom stereocenters. The number of hydrogen-bond acceptors (Lipinski definition) is 2. The number of aromatic nitrogens is 1. The molecule has 0 unspecified atom stereocenters. The molecule has 0 bridgehead atoms. The summed E-state index contributed by atoms with van der Waals surface area (Å²) in [6, 6.07) is 16.0. The molecule has 0 aliphatic rings. The van der Waals surface area contributed by atoms with E-state index in [0.717, 1.165) is 16.3 Å². The van der Waals surface area contributed by atoms with Gasteiger partial charge in [0.2, 0.25) is 0 Å². The van der Waals surface area contributed by atoms with Crippen molar-refractivity contribution in [3.05, 3.63) is 65.1 Å². The quantitative estimate of drug-likeness (QED) is 0.630. The Bertz CT molecular complexity index is 661. The maximum Gasteiger partial charge on any atom is 0.0807 e. The zero-order valence-corrected chi connectivity index (χ0v) is 11.1. The molecule has 1 nitrogen and oxygen atoms in total. The van der Waals surface area contributed by atoms with E-state index in [4.69, 9.17) is 11.6 Å². The van der Waals surface area contributed by atoms with Crippen LogP contribution in [0.4, 0.5) is 0 Å². The second-order valence-corrected chi connectivity index (χ2v) is 5.24. The Kier molecular flexibility index (Phi) is 3.13. The molecule has 0 fully saturated rings. The third-order valence-corrected chi connectivity index (χ3v) is 3.87. The minimum absolute atomic E-state index is 0.755. The summed E-state index contributed by atoms with van der Waals surface area (Å²) in [5.74, 6) is 0. The zero-order valence-electron chi connectivity index (χ0n) is 9.51. The predicted molar refractivity (Wildman–Crippen MR) is 78.0 cm³/mol. The molecular formula is C15H10ClNS. The summed E-state index contributed by atoms with van der Waals surface area (Å²) in [6.45, 7) is 0. The highest BCUT2D eigenvalue weighted by molar-refractivity contribution is 7.14. The number of nitrogens with zero attached hydrogens (tertiary/aromatic N) is 1. The smallest absolute Gasteiger partial charge is 0.0807 e. The van der Waals surface area contributed by atoms with E-state index in [1.165, 1.54) is 10.4 Å². The van der Waals surface area contributed by atoms with E-state index in [1.54, 1.807) is 11.3 Å². The molecule has 1 aromatic carbocycles. The Morgan fingerprint density at radius 3 is 2.72 bits per heavy atom. The van der Waals surface area contributed by atoms with Crippen LogP contribution in [0.3, 0.4) is 0 Å². The van der Waals surface area contributed by atoms with Gasteiger partial charge in [-0.3, -0.25) is 4.98 Å². The van der Waals surface area contributed by atoms with Gasteiger partial charge in [-0.25, -0.2) is 0 Å². The molecule has 3 aromatic rings. The Balaban J connectivity index is 2.13. The van der Waals surface area contributed by atoms with Gasteiger partial charge in [-0.1, -0.05) is 29.8 Å². The number of pyridine rings is 1. The number of rotatable bonds is 2. The standard InChI is InChI=1S/C15H10ClNS/c16-12-5-3-4-11(10-12)13-7-9-18-15(13)14-6-1-2-8-17-14/h1-10H.